The van der Waals surface area contributed by atoms with Crippen molar-refractivity contribution < 1.29 is 4.74 Å². The molecule has 2 aromatic rings. The molecule has 0 bridgehead atoms. The van der Waals surface area contributed by atoms with Gasteiger partial charge in [-0.1, -0.05) is 66.0 Å². The van der Waals surface area contributed by atoms with Crippen LogP contribution in [0.4, 0.5) is 17.5 Å². The molecule has 2 fully saturated rings. The molecular weight excluding hydrogens is 412 g/mol. The molecule has 0 unspecified atom stereocenters. The summed E-state index contributed by atoms with van der Waals surface area (Å²) >= 11 is 0. The Morgan fingerprint density at radius 1 is 1.24 bits per heavy atom. The number of hydrogen-bond donors (Lipinski definition) is 2. The highest BCUT2D eigenvalue weighted by Crippen LogP contribution is 2.43. The average Bonchev–Trinajstić information content (AvgIpc) is 3.39. The fourth-order valence-corrected chi connectivity index (χ4v) is 4.24. The zero-order chi connectivity index (χ0) is 24.1. The smallest absolute Gasteiger partial charge is 0.141 e. The van der Waals surface area contributed by atoms with Crippen LogP contribution in [-0.2, 0) is 10.2 Å². The van der Waals surface area contributed by atoms with Crippen LogP contribution in [0.3, 0.4) is 0 Å². The van der Waals surface area contributed by atoms with Crippen molar-refractivity contribution in [3.8, 4) is 6.07 Å². The van der Waals surface area contributed by atoms with Gasteiger partial charge in [-0.2, -0.15) is 10.4 Å². The fraction of sp³-hybridized carbons (Fsp3) is 0.577. The van der Waals surface area contributed by atoms with Gasteiger partial charge in [0.05, 0.1) is 30.9 Å². The summed E-state index contributed by atoms with van der Waals surface area (Å²) in [6, 6.07) is 6.62. The lowest BCUT2D eigenvalue weighted by Crippen LogP contribution is -2.37. The third kappa shape index (κ3) is 6.58. The Hall–Kier alpha value is -2.85. The normalized spacial score (nSPS) is 16.9. The molecule has 0 spiro atoms. The second-order valence-electron chi connectivity index (χ2n) is 8.15. The van der Waals surface area contributed by atoms with Crippen molar-refractivity contribution in [1.29, 1.82) is 5.26 Å². The van der Waals surface area contributed by atoms with Gasteiger partial charge in [-0.3, -0.25) is 5.10 Å². The highest BCUT2D eigenvalue weighted by molar-refractivity contribution is 5.73. The Balaban J connectivity index is 0.000000714. The van der Waals surface area contributed by atoms with Gasteiger partial charge in [0.2, 0.25) is 0 Å². The maximum absolute atomic E-state index is 10.2. The maximum atomic E-state index is 10.2. The van der Waals surface area contributed by atoms with E-state index in [0.717, 1.165) is 61.5 Å². The molecule has 1 saturated heterocycles. The number of nitrogens with zero attached hydrogens (tertiary/aromatic N) is 4. The molecule has 180 valence electrons. The highest BCUT2D eigenvalue weighted by atomic mass is 16.5. The number of aromatic amines is 1. The molecule has 7 nitrogen and oxygen atoms in total. The lowest BCUT2D eigenvalue weighted by Gasteiger charge is -2.35. The summed E-state index contributed by atoms with van der Waals surface area (Å²) in [7, 11) is 0. The number of ether oxygens (including phenoxy) is 1. The average molecular weight is 453 g/mol. The summed E-state index contributed by atoms with van der Waals surface area (Å²) in [6.45, 7) is 15.2. The van der Waals surface area contributed by atoms with Gasteiger partial charge in [0.25, 0.3) is 0 Å². The minimum atomic E-state index is -0.490. The first-order chi connectivity index (χ1) is 16.2. The first kappa shape index (κ1) is 26.4. The predicted molar refractivity (Wildman–Crippen MR) is 137 cm³/mol. The van der Waals surface area contributed by atoms with Crippen molar-refractivity contribution in [2.24, 2.45) is 0 Å². The second-order valence-corrected chi connectivity index (χ2v) is 8.15. The van der Waals surface area contributed by atoms with E-state index in [9.17, 15) is 5.26 Å². The summed E-state index contributed by atoms with van der Waals surface area (Å²) in [4.78, 5) is 7.12. The molecule has 7 heteroatoms. The molecule has 3 heterocycles. The minimum Gasteiger partial charge on any atom is -0.378 e. The molecule has 2 N–H and O–H groups in total. The molecule has 0 amide bonds. The first-order valence-corrected chi connectivity index (χ1v) is 12.4. The van der Waals surface area contributed by atoms with Crippen LogP contribution in [0.5, 0.6) is 0 Å². The van der Waals surface area contributed by atoms with Gasteiger partial charge in [0, 0.05) is 24.7 Å². The van der Waals surface area contributed by atoms with E-state index in [1.807, 2.05) is 26.0 Å². The van der Waals surface area contributed by atoms with Crippen LogP contribution >= 0.6 is 0 Å². The van der Waals surface area contributed by atoms with Crippen molar-refractivity contribution in [2.45, 2.75) is 71.6 Å². The van der Waals surface area contributed by atoms with Gasteiger partial charge in [-0.15, -0.1) is 0 Å². The van der Waals surface area contributed by atoms with E-state index in [-0.39, 0.29) is 0 Å². The number of pyridine rings is 1. The van der Waals surface area contributed by atoms with Gasteiger partial charge in [0.1, 0.15) is 17.5 Å². The van der Waals surface area contributed by atoms with Crippen LogP contribution in [-0.4, -0.2) is 41.5 Å². The van der Waals surface area contributed by atoms with Crippen LogP contribution in [0, 0.1) is 11.3 Å². The number of hydrogen-bond acceptors (Lipinski definition) is 6. The van der Waals surface area contributed by atoms with E-state index in [0.29, 0.717) is 19.0 Å². The van der Waals surface area contributed by atoms with Gasteiger partial charge in [0.15, 0.2) is 0 Å². The minimum absolute atomic E-state index is 0.490. The number of nitriles is 1. The van der Waals surface area contributed by atoms with Crippen molar-refractivity contribution in [3.63, 3.8) is 0 Å². The summed E-state index contributed by atoms with van der Waals surface area (Å²) in [5.74, 6) is 2.35. The van der Waals surface area contributed by atoms with E-state index in [4.69, 9.17) is 9.72 Å². The summed E-state index contributed by atoms with van der Waals surface area (Å²) in [6.07, 6.45) is 9.85. The second kappa shape index (κ2) is 13.6. The van der Waals surface area contributed by atoms with Crippen molar-refractivity contribution in [1.82, 2.24) is 15.2 Å². The first-order valence-electron chi connectivity index (χ1n) is 12.4. The van der Waals surface area contributed by atoms with Crippen LogP contribution < -0.4 is 10.2 Å². The molecule has 2 aromatic heterocycles. The third-order valence-corrected chi connectivity index (χ3v) is 5.77. The molecule has 0 aromatic carbocycles. The zero-order valence-corrected chi connectivity index (χ0v) is 20.8. The number of H-pyrrole nitrogens is 1. The van der Waals surface area contributed by atoms with E-state index in [1.54, 1.807) is 6.20 Å². The molecule has 2 aliphatic rings. The van der Waals surface area contributed by atoms with Crippen LogP contribution in [0.25, 0.3) is 6.08 Å². The van der Waals surface area contributed by atoms with E-state index in [2.05, 4.69) is 53.0 Å². The van der Waals surface area contributed by atoms with Gasteiger partial charge >= 0.3 is 0 Å². The van der Waals surface area contributed by atoms with Gasteiger partial charge < -0.3 is 15.0 Å². The number of anilines is 3. The number of nitrogens with one attached hydrogen (secondary N) is 2. The summed E-state index contributed by atoms with van der Waals surface area (Å²) in [5, 5.41) is 20.5. The standard InChI is InChI=1S/C21H26N6O.C3H8.C2H6/c1-2-16-17(21(15-22)7-4-3-5-8-21)14-19(27-10-12-28-13-11-27)25-20(16)24-18-6-9-23-26-18;1-3-2;1-2/h2,6,9,14H,1,3-5,7-8,10-13H2,(H2,23,24,25,26);3H2,1-2H3;1-2H3. The van der Waals surface area contributed by atoms with E-state index >= 15 is 0 Å². The molecule has 4 rings (SSSR count). The maximum Gasteiger partial charge on any atom is 0.141 e. The molecular formula is C26H40N6O. The van der Waals surface area contributed by atoms with E-state index in [1.165, 1.54) is 12.8 Å². The molecule has 1 saturated carbocycles. The highest BCUT2D eigenvalue weighted by Gasteiger charge is 2.37. The number of morpholine rings is 1. The van der Waals surface area contributed by atoms with Crippen molar-refractivity contribution in [3.05, 3.63) is 36.0 Å². The predicted octanol–water partition coefficient (Wildman–Crippen LogP) is 6.20. The Morgan fingerprint density at radius 3 is 2.45 bits per heavy atom. The Bertz CT molecular complexity index is 875. The number of aromatic nitrogens is 3. The van der Waals surface area contributed by atoms with Crippen LogP contribution in [0.1, 0.15) is 77.3 Å². The molecule has 0 atom stereocenters. The van der Waals surface area contributed by atoms with E-state index < -0.39 is 5.41 Å². The third-order valence-electron chi connectivity index (χ3n) is 5.77. The Morgan fingerprint density at radius 2 is 1.91 bits per heavy atom. The fourth-order valence-electron chi connectivity index (χ4n) is 4.24. The van der Waals surface area contributed by atoms with Gasteiger partial charge in [-0.25, -0.2) is 4.98 Å². The van der Waals surface area contributed by atoms with Gasteiger partial charge in [-0.05, 0) is 24.5 Å². The van der Waals surface area contributed by atoms with Crippen molar-refractivity contribution in [2.75, 3.05) is 36.5 Å². The lowest BCUT2D eigenvalue weighted by atomic mass is 9.69. The zero-order valence-electron chi connectivity index (χ0n) is 20.8. The lowest BCUT2D eigenvalue weighted by molar-refractivity contribution is 0.122. The molecule has 33 heavy (non-hydrogen) atoms. The quantitative estimate of drug-likeness (QED) is 0.562. The topological polar surface area (TPSA) is 89.9 Å². The Kier molecular flexibility index (Phi) is 10.9. The van der Waals surface area contributed by atoms with Crippen LogP contribution in [0.2, 0.25) is 0 Å². The molecule has 1 aliphatic carbocycles. The summed E-state index contributed by atoms with van der Waals surface area (Å²) < 4.78 is 5.50. The molecule has 1 aliphatic heterocycles. The largest absolute Gasteiger partial charge is 0.378 e. The number of rotatable bonds is 5. The summed E-state index contributed by atoms with van der Waals surface area (Å²) in [5.41, 5.74) is 1.44. The monoisotopic (exact) mass is 452 g/mol. The molecule has 0 radical (unpaired) electrons. The SMILES string of the molecule is C=Cc1c(C2(C#N)CCCCC2)cc(N2CCOCC2)nc1Nc1ccn[nH]1.CC.CCC. The van der Waals surface area contributed by atoms with Crippen molar-refractivity contribution >= 4 is 23.5 Å². The van der Waals surface area contributed by atoms with Crippen LogP contribution in [0.15, 0.2) is 24.9 Å². The Labute approximate surface area is 199 Å².